The molecule has 1 atom stereocenters. The van der Waals surface area contributed by atoms with Crippen LogP contribution in [-0.4, -0.2) is 7.11 Å². The molecule has 0 saturated heterocycles. The van der Waals surface area contributed by atoms with E-state index in [4.69, 9.17) is 14.9 Å². The van der Waals surface area contributed by atoms with Gasteiger partial charge in [0.05, 0.1) is 6.04 Å². The molecular weight excluding hydrogens is 233 g/mol. The lowest BCUT2D eigenvalue weighted by molar-refractivity contribution is 0.162. The fourth-order valence-corrected chi connectivity index (χ4v) is 1.84. The van der Waals surface area contributed by atoms with Crippen molar-refractivity contribution >= 4 is 0 Å². The Balaban J connectivity index is 2.29. The monoisotopic (exact) mass is 249 g/mol. The van der Waals surface area contributed by atoms with Crippen LogP contribution in [0.15, 0.2) is 34.7 Å². The minimum absolute atomic E-state index is 0.321. The summed E-state index contributed by atoms with van der Waals surface area (Å²) < 4.78 is 24.2. The maximum Gasteiger partial charge on any atom is 0.129 e. The quantitative estimate of drug-likeness (QED) is 0.906. The van der Waals surface area contributed by atoms with Crippen LogP contribution in [0.25, 0.3) is 0 Å². The van der Waals surface area contributed by atoms with Gasteiger partial charge in [-0.1, -0.05) is 17.7 Å². The molecule has 0 radical (unpaired) electrons. The van der Waals surface area contributed by atoms with Gasteiger partial charge in [0.2, 0.25) is 0 Å². The van der Waals surface area contributed by atoms with Crippen LogP contribution in [0.1, 0.15) is 28.7 Å². The fraction of sp³-hybridized carbons (Fsp3) is 0.286. The van der Waals surface area contributed by atoms with E-state index in [0.29, 0.717) is 23.7 Å². The second kappa shape index (κ2) is 5.33. The van der Waals surface area contributed by atoms with Crippen LogP contribution < -0.4 is 5.73 Å². The number of methoxy groups -OCH3 is 1. The Morgan fingerprint density at radius 2 is 2.11 bits per heavy atom. The Bertz CT molecular complexity index is 536. The smallest absolute Gasteiger partial charge is 0.129 e. The molecule has 1 heterocycles. The predicted molar refractivity (Wildman–Crippen MR) is 66.6 cm³/mol. The first-order valence-corrected chi connectivity index (χ1v) is 5.71. The summed E-state index contributed by atoms with van der Waals surface area (Å²) in [7, 11) is 1.59. The minimum Gasteiger partial charge on any atom is -0.462 e. The van der Waals surface area contributed by atoms with Crippen molar-refractivity contribution in [1.82, 2.24) is 0 Å². The van der Waals surface area contributed by atoms with E-state index in [9.17, 15) is 4.39 Å². The number of benzene rings is 1. The van der Waals surface area contributed by atoms with Crippen molar-refractivity contribution in [3.63, 3.8) is 0 Å². The van der Waals surface area contributed by atoms with Crippen LogP contribution in [0.2, 0.25) is 0 Å². The van der Waals surface area contributed by atoms with Crippen LogP contribution in [0.4, 0.5) is 4.39 Å². The van der Waals surface area contributed by atoms with Gasteiger partial charge in [0.25, 0.3) is 0 Å². The van der Waals surface area contributed by atoms with Gasteiger partial charge < -0.3 is 14.9 Å². The summed E-state index contributed by atoms with van der Waals surface area (Å²) in [5.74, 6) is 0.889. The Hall–Kier alpha value is -1.65. The lowest BCUT2D eigenvalue weighted by Gasteiger charge is -2.11. The highest BCUT2D eigenvalue weighted by atomic mass is 19.1. The molecule has 2 aromatic rings. The average Bonchev–Trinajstić information content (AvgIpc) is 2.80. The van der Waals surface area contributed by atoms with Gasteiger partial charge in [0.1, 0.15) is 23.9 Å². The first-order valence-electron chi connectivity index (χ1n) is 5.71. The molecule has 0 aliphatic rings. The van der Waals surface area contributed by atoms with Gasteiger partial charge in [-0.3, -0.25) is 0 Å². The largest absolute Gasteiger partial charge is 0.462 e. The standard InChI is InChI=1S/C14H16FNO2/c1-9-3-5-12(15)11(7-9)14(16)13-6-4-10(18-13)8-17-2/h3-7,14H,8,16H2,1-2H3. The van der Waals surface area contributed by atoms with E-state index in [1.807, 2.05) is 6.92 Å². The molecule has 1 unspecified atom stereocenters. The number of aryl methyl sites for hydroxylation is 1. The normalized spacial score (nSPS) is 12.7. The van der Waals surface area contributed by atoms with Crippen LogP contribution in [0.5, 0.6) is 0 Å². The molecule has 1 aromatic heterocycles. The SMILES string of the molecule is COCc1ccc(C(N)c2cc(C)ccc2F)o1. The van der Waals surface area contributed by atoms with Gasteiger partial charge in [0, 0.05) is 12.7 Å². The summed E-state index contributed by atoms with van der Waals surface area (Å²) in [5.41, 5.74) is 7.42. The topological polar surface area (TPSA) is 48.4 Å². The van der Waals surface area contributed by atoms with Crippen molar-refractivity contribution in [2.45, 2.75) is 19.6 Å². The highest BCUT2D eigenvalue weighted by Crippen LogP contribution is 2.25. The van der Waals surface area contributed by atoms with Crippen LogP contribution in [0.3, 0.4) is 0 Å². The van der Waals surface area contributed by atoms with E-state index in [-0.39, 0.29) is 5.82 Å². The fourth-order valence-electron chi connectivity index (χ4n) is 1.84. The zero-order valence-corrected chi connectivity index (χ0v) is 10.4. The number of ether oxygens (including phenoxy) is 1. The van der Waals surface area contributed by atoms with Gasteiger partial charge in [-0.15, -0.1) is 0 Å². The molecule has 96 valence electrons. The molecule has 2 N–H and O–H groups in total. The number of halogens is 1. The number of nitrogens with two attached hydrogens (primary N) is 1. The molecule has 4 heteroatoms. The van der Waals surface area contributed by atoms with Gasteiger partial charge in [-0.25, -0.2) is 4.39 Å². The van der Waals surface area contributed by atoms with Crippen molar-refractivity contribution in [3.8, 4) is 0 Å². The van der Waals surface area contributed by atoms with Crippen molar-refractivity contribution < 1.29 is 13.5 Å². The number of hydrogen-bond acceptors (Lipinski definition) is 3. The third-order valence-corrected chi connectivity index (χ3v) is 2.76. The van der Waals surface area contributed by atoms with Gasteiger partial charge in [-0.05, 0) is 25.1 Å². The van der Waals surface area contributed by atoms with Crippen molar-refractivity contribution in [2.75, 3.05) is 7.11 Å². The average molecular weight is 249 g/mol. The maximum absolute atomic E-state index is 13.7. The van der Waals surface area contributed by atoms with E-state index in [1.165, 1.54) is 6.07 Å². The molecule has 0 fully saturated rings. The lowest BCUT2D eigenvalue weighted by atomic mass is 10.0. The van der Waals surface area contributed by atoms with Crippen LogP contribution >= 0.6 is 0 Å². The van der Waals surface area contributed by atoms with Crippen molar-refractivity contribution in [3.05, 3.63) is 58.8 Å². The number of furan rings is 1. The Morgan fingerprint density at radius 3 is 2.83 bits per heavy atom. The molecule has 0 saturated carbocycles. The van der Waals surface area contributed by atoms with Crippen molar-refractivity contribution in [1.29, 1.82) is 0 Å². The van der Waals surface area contributed by atoms with Gasteiger partial charge in [0.15, 0.2) is 0 Å². The maximum atomic E-state index is 13.7. The summed E-state index contributed by atoms with van der Waals surface area (Å²) in [6.07, 6.45) is 0. The summed E-state index contributed by atoms with van der Waals surface area (Å²) in [6.45, 7) is 2.27. The third kappa shape index (κ3) is 2.60. The van der Waals surface area contributed by atoms with Crippen LogP contribution in [-0.2, 0) is 11.3 Å². The number of hydrogen-bond donors (Lipinski definition) is 1. The van der Waals surface area contributed by atoms with Gasteiger partial charge >= 0.3 is 0 Å². The molecule has 0 spiro atoms. The zero-order valence-electron chi connectivity index (χ0n) is 10.4. The highest BCUT2D eigenvalue weighted by molar-refractivity contribution is 5.31. The van der Waals surface area contributed by atoms with Crippen LogP contribution in [0, 0.1) is 12.7 Å². The second-order valence-corrected chi connectivity index (χ2v) is 4.24. The Labute approximate surface area is 105 Å². The summed E-state index contributed by atoms with van der Waals surface area (Å²) in [4.78, 5) is 0. The first-order chi connectivity index (χ1) is 8.61. The first kappa shape index (κ1) is 12.8. The lowest BCUT2D eigenvalue weighted by Crippen LogP contribution is -2.13. The molecule has 0 amide bonds. The van der Waals surface area contributed by atoms with E-state index in [0.717, 1.165) is 5.56 Å². The highest BCUT2D eigenvalue weighted by Gasteiger charge is 2.17. The summed E-state index contributed by atoms with van der Waals surface area (Å²) >= 11 is 0. The summed E-state index contributed by atoms with van der Waals surface area (Å²) in [6, 6.07) is 7.80. The van der Waals surface area contributed by atoms with E-state index < -0.39 is 6.04 Å². The zero-order chi connectivity index (χ0) is 13.1. The third-order valence-electron chi connectivity index (χ3n) is 2.76. The minimum atomic E-state index is -0.601. The molecule has 18 heavy (non-hydrogen) atoms. The summed E-state index contributed by atoms with van der Waals surface area (Å²) in [5, 5.41) is 0. The van der Waals surface area contributed by atoms with Gasteiger partial charge in [-0.2, -0.15) is 0 Å². The molecular formula is C14H16FNO2. The molecule has 0 aliphatic carbocycles. The number of rotatable bonds is 4. The molecule has 1 aromatic carbocycles. The Morgan fingerprint density at radius 1 is 1.33 bits per heavy atom. The van der Waals surface area contributed by atoms with E-state index in [1.54, 1.807) is 31.4 Å². The second-order valence-electron chi connectivity index (χ2n) is 4.24. The van der Waals surface area contributed by atoms with E-state index >= 15 is 0 Å². The molecule has 2 rings (SSSR count). The Kier molecular flexibility index (Phi) is 3.79. The predicted octanol–water partition coefficient (Wildman–Crippen LogP) is 2.92. The molecule has 0 aliphatic heterocycles. The molecule has 3 nitrogen and oxygen atoms in total. The van der Waals surface area contributed by atoms with Crippen molar-refractivity contribution in [2.24, 2.45) is 5.73 Å². The molecule has 0 bridgehead atoms. The van der Waals surface area contributed by atoms with E-state index in [2.05, 4.69) is 0 Å².